The number of nitrogens with zero attached hydrogens (tertiary/aromatic N) is 3. The van der Waals surface area contributed by atoms with Crippen LogP contribution < -0.4 is 4.74 Å². The van der Waals surface area contributed by atoms with Crippen LogP contribution in [0.25, 0.3) is 11.3 Å². The number of carbonyl (C=O) groups excluding carboxylic acids is 3. The molecule has 1 fully saturated rings. The Morgan fingerprint density at radius 2 is 1.74 bits per heavy atom. The molecule has 2 aromatic rings. The standard InChI is InChI=1S/C22H20FN3O5S3/c1-11(27)32-18-10-30-22(20(34-13(3)29)19(18)33-12(2)28)31-17-7-6-16(26-21(17)23)14-4-5-15(8-24)25-9-14/h4-7,9,18-20,22H,10H2,1-3H3/t18-,19+,20+,22-/m1/s1. The van der Waals surface area contributed by atoms with Crippen molar-refractivity contribution in [3.8, 4) is 23.1 Å². The lowest BCUT2D eigenvalue weighted by Gasteiger charge is -2.40. The van der Waals surface area contributed by atoms with Crippen molar-refractivity contribution < 1.29 is 28.2 Å². The minimum Gasteiger partial charge on any atom is -0.459 e. The molecule has 4 atom stereocenters. The van der Waals surface area contributed by atoms with Crippen LogP contribution in [0.2, 0.25) is 0 Å². The fraction of sp³-hybridized carbons (Fsp3) is 0.364. The van der Waals surface area contributed by atoms with Crippen molar-refractivity contribution in [2.45, 2.75) is 42.8 Å². The van der Waals surface area contributed by atoms with Crippen molar-refractivity contribution in [3.63, 3.8) is 0 Å². The molecule has 0 spiro atoms. The molecule has 1 aliphatic rings. The molecule has 3 rings (SSSR count). The average molecular weight is 522 g/mol. The molecule has 0 amide bonds. The number of aromatic nitrogens is 2. The van der Waals surface area contributed by atoms with E-state index in [0.29, 0.717) is 11.3 Å². The van der Waals surface area contributed by atoms with Gasteiger partial charge in [-0.15, -0.1) is 0 Å². The predicted molar refractivity (Wildman–Crippen MR) is 129 cm³/mol. The summed E-state index contributed by atoms with van der Waals surface area (Å²) in [5.41, 5.74) is 1.04. The highest BCUT2D eigenvalue weighted by Crippen LogP contribution is 2.41. The Balaban J connectivity index is 1.85. The van der Waals surface area contributed by atoms with Gasteiger partial charge in [-0.25, -0.2) is 9.97 Å². The average Bonchev–Trinajstić information content (AvgIpc) is 2.78. The molecule has 0 aliphatic carbocycles. The number of thioether (sulfide) groups is 3. The van der Waals surface area contributed by atoms with Crippen LogP contribution in [-0.2, 0) is 19.1 Å². The third-order valence-corrected chi connectivity index (χ3v) is 8.29. The predicted octanol–water partition coefficient (Wildman–Crippen LogP) is 3.83. The van der Waals surface area contributed by atoms with Gasteiger partial charge in [-0.2, -0.15) is 9.65 Å². The third-order valence-electron chi connectivity index (χ3n) is 4.54. The molecule has 2 aromatic heterocycles. The van der Waals surface area contributed by atoms with Crippen LogP contribution in [0.15, 0.2) is 30.5 Å². The second-order valence-corrected chi connectivity index (χ2v) is 11.3. The summed E-state index contributed by atoms with van der Waals surface area (Å²) in [7, 11) is 0. The molecule has 3 heterocycles. The van der Waals surface area contributed by atoms with E-state index in [-0.39, 0.29) is 38.6 Å². The van der Waals surface area contributed by atoms with Crippen molar-refractivity contribution in [2.75, 3.05) is 6.61 Å². The van der Waals surface area contributed by atoms with Crippen molar-refractivity contribution in [2.24, 2.45) is 0 Å². The lowest BCUT2D eigenvalue weighted by molar-refractivity contribution is -0.112. The van der Waals surface area contributed by atoms with Gasteiger partial charge in [0.05, 0.1) is 17.6 Å². The lowest BCUT2D eigenvalue weighted by Crippen LogP contribution is -2.51. The summed E-state index contributed by atoms with van der Waals surface area (Å²) in [6.45, 7) is 4.28. The van der Waals surface area contributed by atoms with Gasteiger partial charge >= 0.3 is 0 Å². The number of nitriles is 1. The van der Waals surface area contributed by atoms with E-state index in [1.807, 2.05) is 6.07 Å². The van der Waals surface area contributed by atoms with Gasteiger partial charge in [0.15, 0.2) is 21.1 Å². The molecular weight excluding hydrogens is 501 g/mol. The maximum Gasteiger partial charge on any atom is 0.255 e. The normalized spacial score (nSPS) is 22.0. The number of carbonyl (C=O) groups is 3. The zero-order valence-corrected chi connectivity index (χ0v) is 20.8. The van der Waals surface area contributed by atoms with E-state index in [2.05, 4.69) is 9.97 Å². The van der Waals surface area contributed by atoms with Crippen LogP contribution >= 0.6 is 35.3 Å². The summed E-state index contributed by atoms with van der Waals surface area (Å²) in [5, 5.41) is 6.79. The van der Waals surface area contributed by atoms with Gasteiger partial charge in [0.1, 0.15) is 11.8 Å². The maximum atomic E-state index is 14.8. The van der Waals surface area contributed by atoms with E-state index in [1.165, 1.54) is 45.2 Å². The van der Waals surface area contributed by atoms with Crippen LogP contribution in [0.3, 0.4) is 0 Å². The molecule has 0 saturated carbocycles. The SMILES string of the molecule is CC(=O)S[C@@H]1[C@@H](Oc2ccc(-c3ccc(C#N)nc3)nc2F)OC[C@@H](SC(C)=O)[C@@H]1SC(C)=O. The first kappa shape index (κ1) is 26.2. The Hall–Kier alpha value is -2.46. The van der Waals surface area contributed by atoms with Gasteiger partial charge in [-0.1, -0.05) is 35.3 Å². The van der Waals surface area contributed by atoms with Crippen LogP contribution in [0, 0.1) is 17.3 Å². The maximum absolute atomic E-state index is 14.8. The second-order valence-electron chi connectivity index (χ2n) is 7.14. The molecule has 1 saturated heterocycles. The van der Waals surface area contributed by atoms with Crippen LogP contribution in [0.4, 0.5) is 4.39 Å². The molecule has 34 heavy (non-hydrogen) atoms. The van der Waals surface area contributed by atoms with Gasteiger partial charge < -0.3 is 9.47 Å². The molecule has 0 aromatic carbocycles. The smallest absolute Gasteiger partial charge is 0.255 e. The monoisotopic (exact) mass is 521 g/mol. The summed E-state index contributed by atoms with van der Waals surface area (Å²) >= 11 is 2.98. The quantitative estimate of drug-likeness (QED) is 0.516. The number of halogens is 1. The number of hydrogen-bond donors (Lipinski definition) is 0. The van der Waals surface area contributed by atoms with E-state index in [4.69, 9.17) is 14.7 Å². The molecule has 8 nitrogen and oxygen atoms in total. The first-order valence-electron chi connectivity index (χ1n) is 10.0. The zero-order valence-electron chi connectivity index (χ0n) is 18.4. The largest absolute Gasteiger partial charge is 0.459 e. The summed E-state index contributed by atoms with van der Waals surface area (Å²) in [5.74, 6) is -1.08. The van der Waals surface area contributed by atoms with Gasteiger partial charge in [0.25, 0.3) is 5.95 Å². The van der Waals surface area contributed by atoms with Crippen molar-refractivity contribution in [3.05, 3.63) is 42.1 Å². The van der Waals surface area contributed by atoms with E-state index in [0.717, 1.165) is 35.3 Å². The highest BCUT2D eigenvalue weighted by atomic mass is 32.2. The number of pyridine rings is 2. The van der Waals surface area contributed by atoms with E-state index < -0.39 is 22.7 Å². The second kappa shape index (κ2) is 11.8. The Morgan fingerprint density at radius 1 is 1.06 bits per heavy atom. The van der Waals surface area contributed by atoms with Gasteiger partial charge in [-0.3, -0.25) is 14.4 Å². The molecule has 0 radical (unpaired) electrons. The Morgan fingerprint density at radius 3 is 2.29 bits per heavy atom. The van der Waals surface area contributed by atoms with E-state index in [9.17, 15) is 18.8 Å². The lowest BCUT2D eigenvalue weighted by atomic mass is 10.1. The van der Waals surface area contributed by atoms with Gasteiger partial charge in [-0.05, 0) is 24.3 Å². The Labute approximate surface area is 208 Å². The van der Waals surface area contributed by atoms with Gasteiger partial charge in [0, 0.05) is 43.0 Å². The molecule has 178 valence electrons. The first-order valence-corrected chi connectivity index (χ1v) is 12.6. The van der Waals surface area contributed by atoms with Crippen molar-refractivity contribution >= 4 is 50.6 Å². The third kappa shape index (κ3) is 6.79. The molecular formula is C22H20FN3O5S3. The Bertz CT molecular complexity index is 1130. The summed E-state index contributed by atoms with van der Waals surface area (Å²) in [4.78, 5) is 43.4. The van der Waals surface area contributed by atoms with Crippen LogP contribution in [0.5, 0.6) is 5.75 Å². The molecule has 0 N–H and O–H groups in total. The van der Waals surface area contributed by atoms with Crippen LogP contribution in [0.1, 0.15) is 26.5 Å². The molecule has 0 unspecified atom stereocenters. The van der Waals surface area contributed by atoms with E-state index in [1.54, 1.807) is 6.07 Å². The highest BCUT2D eigenvalue weighted by Gasteiger charge is 2.45. The van der Waals surface area contributed by atoms with Crippen molar-refractivity contribution in [1.29, 1.82) is 5.26 Å². The molecule has 1 aliphatic heterocycles. The summed E-state index contributed by atoms with van der Waals surface area (Å²) < 4.78 is 26.4. The Kier molecular flexibility index (Phi) is 9.07. The molecule has 0 bridgehead atoms. The highest BCUT2D eigenvalue weighted by molar-refractivity contribution is 8.19. The van der Waals surface area contributed by atoms with Gasteiger partial charge in [0.2, 0.25) is 6.29 Å². The van der Waals surface area contributed by atoms with E-state index >= 15 is 0 Å². The fourth-order valence-corrected chi connectivity index (χ4v) is 6.69. The fourth-order valence-electron chi connectivity index (χ4n) is 3.22. The summed E-state index contributed by atoms with van der Waals surface area (Å²) in [6.07, 6.45) is 0.370. The van der Waals surface area contributed by atoms with Crippen molar-refractivity contribution in [1.82, 2.24) is 9.97 Å². The zero-order chi connectivity index (χ0) is 24.8. The number of hydrogen-bond acceptors (Lipinski definition) is 11. The topological polar surface area (TPSA) is 119 Å². The number of ether oxygens (including phenoxy) is 2. The minimum absolute atomic E-state index is 0.0822. The first-order chi connectivity index (χ1) is 16.2. The molecule has 12 heteroatoms. The minimum atomic E-state index is -1.05. The number of rotatable bonds is 6. The summed E-state index contributed by atoms with van der Waals surface area (Å²) in [6, 6.07) is 7.94. The van der Waals surface area contributed by atoms with Crippen LogP contribution in [-0.4, -0.2) is 54.0 Å².